The van der Waals surface area contributed by atoms with Crippen LogP contribution in [0.5, 0.6) is 11.5 Å². The Hall–Kier alpha value is -3.08. The average Bonchev–Trinajstić information content (AvgIpc) is 2.91. The van der Waals surface area contributed by atoms with Crippen LogP contribution in [0.2, 0.25) is 0 Å². The Morgan fingerprint density at radius 2 is 1.11 bits per heavy atom. The predicted molar refractivity (Wildman–Crippen MR) is 153 cm³/mol. The zero-order valence-electron chi connectivity index (χ0n) is 23.1. The third kappa shape index (κ3) is 5.76. The quantitative estimate of drug-likeness (QED) is 0.145. The van der Waals surface area contributed by atoms with E-state index in [-0.39, 0.29) is 0 Å². The van der Waals surface area contributed by atoms with E-state index in [1.807, 2.05) is 0 Å². The van der Waals surface area contributed by atoms with E-state index in [1.165, 1.54) is 21.9 Å². The third-order valence-corrected chi connectivity index (χ3v) is 7.14. The maximum absolute atomic E-state index is 6.50. The van der Waals surface area contributed by atoms with Crippen LogP contribution in [0.25, 0.3) is 21.5 Å². The molecule has 0 heterocycles. The monoisotopic (exact) mass is 500 g/mol. The van der Waals surface area contributed by atoms with Crippen LogP contribution in [-0.4, -0.2) is 27.4 Å². The lowest BCUT2D eigenvalue weighted by Gasteiger charge is -2.21. The minimum atomic E-state index is 0.406. The molecule has 0 fully saturated rings. The topological polar surface area (TPSA) is 36.9 Å². The molecule has 4 rings (SSSR count). The van der Waals surface area contributed by atoms with Gasteiger partial charge in [0.2, 0.25) is 0 Å². The number of benzene rings is 4. The van der Waals surface area contributed by atoms with E-state index in [1.54, 1.807) is 14.2 Å². The third-order valence-electron chi connectivity index (χ3n) is 7.14. The van der Waals surface area contributed by atoms with Crippen LogP contribution in [0.4, 0.5) is 0 Å². The van der Waals surface area contributed by atoms with Crippen molar-refractivity contribution in [3.8, 4) is 11.5 Å². The molecule has 0 saturated heterocycles. The molecule has 0 spiro atoms. The van der Waals surface area contributed by atoms with Crippen molar-refractivity contribution in [2.75, 3.05) is 27.4 Å². The van der Waals surface area contributed by atoms with Crippen molar-refractivity contribution in [1.82, 2.24) is 0 Å². The second kappa shape index (κ2) is 12.4. The molecule has 0 amide bonds. The second-order valence-electron chi connectivity index (χ2n) is 10.0. The fourth-order valence-corrected chi connectivity index (χ4v) is 5.13. The molecular weight excluding hydrogens is 460 g/mol. The highest BCUT2D eigenvalue weighted by Gasteiger charge is 2.18. The van der Waals surface area contributed by atoms with Crippen LogP contribution in [0.1, 0.15) is 68.2 Å². The molecule has 0 bridgehead atoms. The van der Waals surface area contributed by atoms with E-state index in [0.29, 0.717) is 38.3 Å². The highest BCUT2D eigenvalue weighted by molar-refractivity contribution is 6.08. The molecule has 0 N–H and O–H groups in total. The Kier molecular flexibility index (Phi) is 9.07. The van der Waals surface area contributed by atoms with Gasteiger partial charge in [-0.2, -0.15) is 0 Å². The van der Waals surface area contributed by atoms with E-state index in [2.05, 4.69) is 88.4 Å². The summed E-state index contributed by atoms with van der Waals surface area (Å²) in [5, 5.41) is 4.83. The molecule has 196 valence electrons. The lowest BCUT2D eigenvalue weighted by molar-refractivity contribution is 0.164. The van der Waals surface area contributed by atoms with Gasteiger partial charge < -0.3 is 18.9 Å². The molecule has 4 aromatic carbocycles. The van der Waals surface area contributed by atoms with Gasteiger partial charge in [0, 0.05) is 36.1 Å². The van der Waals surface area contributed by atoms with Crippen molar-refractivity contribution < 1.29 is 18.9 Å². The summed E-state index contributed by atoms with van der Waals surface area (Å²) in [6, 6.07) is 21.5. The van der Waals surface area contributed by atoms with Crippen molar-refractivity contribution >= 4 is 21.5 Å². The molecule has 1 unspecified atom stereocenters. The Balaban J connectivity index is 1.64. The van der Waals surface area contributed by atoms with Crippen molar-refractivity contribution in [3.63, 3.8) is 0 Å². The van der Waals surface area contributed by atoms with E-state index in [0.717, 1.165) is 39.8 Å². The van der Waals surface area contributed by atoms with Gasteiger partial charge in [0.05, 0.1) is 13.2 Å². The van der Waals surface area contributed by atoms with Gasteiger partial charge in [-0.05, 0) is 52.3 Å². The van der Waals surface area contributed by atoms with Gasteiger partial charge in [-0.3, -0.25) is 0 Å². The van der Waals surface area contributed by atoms with Crippen LogP contribution in [0.15, 0.2) is 60.7 Å². The lowest BCUT2D eigenvalue weighted by atomic mass is 9.87. The number of methoxy groups -OCH3 is 2. The van der Waals surface area contributed by atoms with E-state index in [4.69, 9.17) is 18.9 Å². The van der Waals surface area contributed by atoms with E-state index >= 15 is 0 Å². The van der Waals surface area contributed by atoms with Crippen LogP contribution in [-0.2, 0) is 22.7 Å². The summed E-state index contributed by atoms with van der Waals surface area (Å²) in [5.41, 5.74) is 4.72. The highest BCUT2D eigenvalue weighted by atomic mass is 16.5. The van der Waals surface area contributed by atoms with Gasteiger partial charge in [0.25, 0.3) is 0 Å². The molecule has 0 aliphatic carbocycles. The molecule has 4 nitrogen and oxygen atoms in total. The minimum Gasteiger partial charge on any atom is -0.489 e. The summed E-state index contributed by atoms with van der Waals surface area (Å²) in [4.78, 5) is 0. The molecule has 0 radical (unpaired) electrons. The Morgan fingerprint density at radius 1 is 0.649 bits per heavy atom. The van der Waals surface area contributed by atoms with Crippen molar-refractivity contribution in [1.29, 1.82) is 0 Å². The summed E-state index contributed by atoms with van der Waals surface area (Å²) in [6.07, 6.45) is 1.09. The molecule has 0 aromatic heterocycles. The number of rotatable bonds is 12. The number of hydrogen-bond donors (Lipinski definition) is 0. The number of ether oxygens (including phenoxy) is 4. The summed E-state index contributed by atoms with van der Waals surface area (Å²) in [6.45, 7) is 10.8. The average molecular weight is 501 g/mol. The molecule has 0 saturated carbocycles. The maximum atomic E-state index is 6.50. The lowest BCUT2D eigenvalue weighted by Crippen LogP contribution is -2.13. The highest BCUT2D eigenvalue weighted by Crippen LogP contribution is 2.42. The van der Waals surface area contributed by atoms with Crippen LogP contribution in [0, 0.1) is 0 Å². The van der Waals surface area contributed by atoms with Gasteiger partial charge in [0.15, 0.2) is 0 Å². The van der Waals surface area contributed by atoms with E-state index < -0.39 is 0 Å². The summed E-state index contributed by atoms with van der Waals surface area (Å²) in [7, 11) is 3.43. The first-order valence-corrected chi connectivity index (χ1v) is 13.3. The largest absolute Gasteiger partial charge is 0.489 e. The van der Waals surface area contributed by atoms with Gasteiger partial charge in [-0.1, -0.05) is 76.2 Å². The second-order valence-corrected chi connectivity index (χ2v) is 10.0. The van der Waals surface area contributed by atoms with Crippen LogP contribution in [0.3, 0.4) is 0 Å². The fraction of sp³-hybridized carbons (Fsp3) is 0.394. The first-order valence-electron chi connectivity index (χ1n) is 13.3. The zero-order chi connectivity index (χ0) is 26.4. The first kappa shape index (κ1) is 27.0. The first-order chi connectivity index (χ1) is 18.0. The maximum Gasteiger partial charge on any atom is 0.135 e. The predicted octanol–water partition coefficient (Wildman–Crippen LogP) is 8.38. The molecule has 4 heteroatoms. The summed E-state index contributed by atoms with van der Waals surface area (Å²) < 4.78 is 23.8. The normalized spacial score (nSPS) is 12.4. The summed E-state index contributed by atoms with van der Waals surface area (Å²) in [5.74, 6) is 2.62. The van der Waals surface area contributed by atoms with Crippen molar-refractivity contribution in [2.45, 2.75) is 59.2 Å². The molecule has 4 aromatic rings. The van der Waals surface area contributed by atoms with Crippen LogP contribution >= 0.6 is 0 Å². The fourth-order valence-electron chi connectivity index (χ4n) is 5.13. The smallest absolute Gasteiger partial charge is 0.135 e. The van der Waals surface area contributed by atoms with Crippen molar-refractivity contribution in [3.05, 3.63) is 82.9 Å². The standard InChI is InChI=1S/C33H40O4/c1-7-23(4)31-27-12-8-10-14-29(27)33(30-15-11-9-13-28(30)31)37-17-16-36-32-25(20-34-5)18-24(22(2)3)19-26(32)21-35-6/h8-15,18-19,22-23H,7,16-17,20-21H2,1-6H3. The Bertz CT molecular complexity index is 1260. The Labute approximate surface area is 221 Å². The SMILES string of the molecule is CCC(C)c1c2ccccc2c(OCCOc2c(COC)cc(C(C)C)cc2COC)c2ccccc12. The summed E-state index contributed by atoms with van der Waals surface area (Å²) >= 11 is 0. The molecular formula is C33H40O4. The van der Waals surface area contributed by atoms with Gasteiger partial charge in [-0.15, -0.1) is 0 Å². The molecule has 1 atom stereocenters. The zero-order valence-corrected chi connectivity index (χ0v) is 23.1. The minimum absolute atomic E-state index is 0.406. The van der Waals surface area contributed by atoms with Gasteiger partial charge in [0.1, 0.15) is 24.7 Å². The molecule has 0 aliphatic heterocycles. The van der Waals surface area contributed by atoms with Gasteiger partial charge in [-0.25, -0.2) is 0 Å². The van der Waals surface area contributed by atoms with Crippen LogP contribution < -0.4 is 9.47 Å². The molecule has 0 aliphatic rings. The molecule has 37 heavy (non-hydrogen) atoms. The number of hydrogen-bond acceptors (Lipinski definition) is 4. The number of fused-ring (bicyclic) bond motifs is 2. The van der Waals surface area contributed by atoms with E-state index in [9.17, 15) is 0 Å². The Morgan fingerprint density at radius 3 is 1.54 bits per heavy atom. The van der Waals surface area contributed by atoms with Gasteiger partial charge >= 0.3 is 0 Å². The van der Waals surface area contributed by atoms with Crippen molar-refractivity contribution in [2.24, 2.45) is 0 Å².